The average molecular weight is 583 g/mol. The van der Waals surface area contributed by atoms with Crippen LogP contribution in [0.2, 0.25) is 0 Å². The van der Waals surface area contributed by atoms with Crippen LogP contribution in [-0.4, -0.2) is 49.8 Å². The molecule has 1 saturated heterocycles. The van der Waals surface area contributed by atoms with Gasteiger partial charge in [-0.05, 0) is 61.2 Å². The Kier molecular flexibility index (Phi) is 7.50. The van der Waals surface area contributed by atoms with Gasteiger partial charge in [0.15, 0.2) is 17.5 Å². The van der Waals surface area contributed by atoms with Crippen LogP contribution in [0.25, 0.3) is 34.0 Å². The van der Waals surface area contributed by atoms with Gasteiger partial charge in [-0.25, -0.2) is 18.7 Å². The first-order valence-electron chi connectivity index (χ1n) is 13.1. The lowest BCUT2D eigenvalue weighted by atomic mass is 10.0. The molecule has 13 heteroatoms. The first-order valence-corrected chi connectivity index (χ1v) is 13.1. The summed E-state index contributed by atoms with van der Waals surface area (Å²) in [5.74, 6) is -1.66. The number of ether oxygens (including phenoxy) is 2. The number of rotatable bonds is 7. The molecule has 0 atom stereocenters. The van der Waals surface area contributed by atoms with E-state index in [0.29, 0.717) is 36.9 Å². The smallest absolute Gasteiger partial charge is 0.417 e. The summed E-state index contributed by atoms with van der Waals surface area (Å²) in [6.45, 7) is 1.70. The largest absolute Gasteiger partial charge is 0.493 e. The quantitative estimate of drug-likeness (QED) is 0.216. The third-order valence-electron chi connectivity index (χ3n) is 6.95. The maximum atomic E-state index is 14.2. The summed E-state index contributed by atoms with van der Waals surface area (Å²) in [7, 11) is 0. The molecule has 3 aromatic rings. The summed E-state index contributed by atoms with van der Waals surface area (Å²) < 4.78 is 82.2. The maximum absolute atomic E-state index is 14.2. The van der Waals surface area contributed by atoms with Crippen LogP contribution in [-0.2, 0) is 17.5 Å². The van der Waals surface area contributed by atoms with Gasteiger partial charge in [-0.15, -0.1) is 0 Å². The Bertz CT molecular complexity index is 1670. The minimum atomic E-state index is -4.63. The molecule has 6 rings (SSSR count). The van der Waals surface area contributed by atoms with E-state index < -0.39 is 23.4 Å². The average Bonchev–Trinajstić information content (AvgIpc) is 3.41. The molecule has 0 radical (unpaired) electrons. The zero-order valence-corrected chi connectivity index (χ0v) is 22.0. The van der Waals surface area contributed by atoms with Gasteiger partial charge in [0.25, 0.3) is 0 Å². The van der Waals surface area contributed by atoms with Gasteiger partial charge in [-0.3, -0.25) is 4.68 Å². The molecule has 42 heavy (non-hydrogen) atoms. The number of imidazole rings is 1. The molecule has 2 aromatic carbocycles. The Hall–Kier alpha value is -4.52. The number of alkyl halides is 3. The summed E-state index contributed by atoms with van der Waals surface area (Å²) in [4.78, 5) is 8.50. The molecule has 0 saturated carbocycles. The standard InChI is InChI=1S/C29H23F5N6O2/c30-23-3-1-2-21(27(23)31)28-36-25-13-35-40(15-26(25)37-28)14-18-4-7-24(39-38-18)20-6-5-19(12-22(20)29(32,33)34)42-16-17-8-10-41-11-9-17/h1-7,12-13,15,17H,8-11,14,16H2. The Morgan fingerprint density at radius 3 is 2.48 bits per heavy atom. The van der Waals surface area contributed by atoms with Crippen LogP contribution >= 0.6 is 0 Å². The molecule has 3 aliphatic rings. The van der Waals surface area contributed by atoms with Crippen molar-refractivity contribution < 1.29 is 31.4 Å². The van der Waals surface area contributed by atoms with E-state index in [1.54, 1.807) is 12.3 Å². The van der Waals surface area contributed by atoms with Crippen molar-refractivity contribution in [3.05, 3.63) is 83.8 Å². The highest BCUT2D eigenvalue weighted by molar-refractivity contribution is 5.66. The summed E-state index contributed by atoms with van der Waals surface area (Å²) in [6, 6.07) is 10.6. The van der Waals surface area contributed by atoms with Crippen molar-refractivity contribution in [1.29, 1.82) is 0 Å². The van der Waals surface area contributed by atoms with E-state index in [-0.39, 0.29) is 40.9 Å². The Balaban J connectivity index is 1.19. The van der Waals surface area contributed by atoms with E-state index in [2.05, 4.69) is 25.3 Å². The molecule has 0 spiro atoms. The zero-order valence-electron chi connectivity index (χ0n) is 22.0. The first kappa shape index (κ1) is 27.6. The van der Waals surface area contributed by atoms with Crippen LogP contribution in [0.5, 0.6) is 5.75 Å². The van der Waals surface area contributed by atoms with E-state index in [9.17, 15) is 22.0 Å². The van der Waals surface area contributed by atoms with Crippen molar-refractivity contribution in [3.8, 4) is 39.8 Å². The summed E-state index contributed by atoms with van der Waals surface area (Å²) in [6.07, 6.45) is -0.0316. The highest BCUT2D eigenvalue weighted by atomic mass is 19.4. The van der Waals surface area contributed by atoms with E-state index in [0.717, 1.165) is 25.0 Å². The lowest BCUT2D eigenvalue weighted by molar-refractivity contribution is -0.137. The van der Waals surface area contributed by atoms with Gasteiger partial charge in [0.2, 0.25) is 0 Å². The molecular formula is C29H23F5N6O2. The Morgan fingerprint density at radius 1 is 0.905 bits per heavy atom. The van der Waals surface area contributed by atoms with Gasteiger partial charge in [-0.1, -0.05) is 6.07 Å². The van der Waals surface area contributed by atoms with Crippen LogP contribution < -0.4 is 4.74 Å². The number of hydrogen-bond acceptors (Lipinski definition) is 7. The molecule has 8 nitrogen and oxygen atoms in total. The van der Waals surface area contributed by atoms with Crippen molar-refractivity contribution in [1.82, 2.24) is 29.9 Å². The molecule has 0 aliphatic carbocycles. The van der Waals surface area contributed by atoms with Gasteiger partial charge >= 0.3 is 6.18 Å². The number of aromatic nitrogens is 6. The third-order valence-corrected chi connectivity index (χ3v) is 6.95. The molecule has 216 valence electrons. The number of benzene rings is 2. The van der Waals surface area contributed by atoms with Crippen LogP contribution in [0.3, 0.4) is 0 Å². The fourth-order valence-electron chi connectivity index (χ4n) is 4.70. The molecule has 0 N–H and O–H groups in total. The Labute approximate surface area is 236 Å². The summed E-state index contributed by atoms with van der Waals surface area (Å²) >= 11 is 0. The molecular weight excluding hydrogens is 559 g/mol. The van der Waals surface area contributed by atoms with Crippen molar-refractivity contribution in [2.24, 2.45) is 5.92 Å². The van der Waals surface area contributed by atoms with Crippen molar-refractivity contribution in [2.75, 3.05) is 19.8 Å². The number of hydrogen-bond donors (Lipinski definition) is 0. The molecule has 0 bridgehead atoms. The van der Waals surface area contributed by atoms with Crippen LogP contribution in [0.4, 0.5) is 22.0 Å². The minimum absolute atomic E-state index is 0.0196. The Morgan fingerprint density at radius 2 is 1.71 bits per heavy atom. The van der Waals surface area contributed by atoms with Gasteiger partial charge in [-0.2, -0.15) is 28.5 Å². The molecule has 1 aromatic heterocycles. The van der Waals surface area contributed by atoms with Gasteiger partial charge in [0.1, 0.15) is 17.1 Å². The summed E-state index contributed by atoms with van der Waals surface area (Å²) in [5.41, 5.74) is 0.201. The molecule has 0 amide bonds. The normalized spacial score (nSPS) is 14.4. The zero-order chi connectivity index (χ0) is 29.3. The summed E-state index contributed by atoms with van der Waals surface area (Å²) in [5, 5.41) is 12.4. The molecule has 4 heterocycles. The maximum Gasteiger partial charge on any atom is 0.417 e. The van der Waals surface area contributed by atoms with Gasteiger partial charge < -0.3 is 9.47 Å². The lowest BCUT2D eigenvalue weighted by Crippen LogP contribution is -2.21. The monoisotopic (exact) mass is 582 g/mol. The highest BCUT2D eigenvalue weighted by Gasteiger charge is 2.35. The van der Waals surface area contributed by atoms with Crippen molar-refractivity contribution in [3.63, 3.8) is 0 Å². The predicted octanol–water partition coefficient (Wildman–Crippen LogP) is 6.05. The topological polar surface area (TPSA) is 87.8 Å². The second kappa shape index (κ2) is 11.4. The van der Waals surface area contributed by atoms with E-state index >= 15 is 0 Å². The van der Waals surface area contributed by atoms with E-state index in [4.69, 9.17) is 9.47 Å². The first-order chi connectivity index (χ1) is 20.2. The molecule has 0 unspecified atom stereocenters. The predicted molar refractivity (Wildman–Crippen MR) is 140 cm³/mol. The van der Waals surface area contributed by atoms with Gasteiger partial charge in [0, 0.05) is 18.8 Å². The van der Waals surface area contributed by atoms with E-state index in [1.807, 2.05) is 0 Å². The fraction of sp³-hybridized carbons (Fsp3) is 0.276. The highest BCUT2D eigenvalue weighted by Crippen LogP contribution is 2.38. The van der Waals surface area contributed by atoms with Crippen LogP contribution in [0, 0.1) is 17.6 Å². The fourth-order valence-corrected chi connectivity index (χ4v) is 4.70. The lowest BCUT2D eigenvalue weighted by Gasteiger charge is -2.22. The second-order valence-corrected chi connectivity index (χ2v) is 9.87. The number of nitrogens with zero attached hydrogens (tertiary/aromatic N) is 6. The number of halogens is 5. The third kappa shape index (κ3) is 5.91. The van der Waals surface area contributed by atoms with Crippen molar-refractivity contribution >= 4 is 0 Å². The van der Waals surface area contributed by atoms with Crippen LogP contribution in [0.15, 0.2) is 60.9 Å². The minimum Gasteiger partial charge on any atom is -0.493 e. The second-order valence-electron chi connectivity index (χ2n) is 9.87. The van der Waals surface area contributed by atoms with Crippen molar-refractivity contribution in [2.45, 2.75) is 25.6 Å². The molecule has 3 aliphatic heterocycles. The van der Waals surface area contributed by atoms with Crippen LogP contribution in [0.1, 0.15) is 24.1 Å². The number of fused-ring (bicyclic) bond motifs is 1. The molecule has 1 fully saturated rings. The van der Waals surface area contributed by atoms with E-state index in [1.165, 1.54) is 41.2 Å². The van der Waals surface area contributed by atoms with Gasteiger partial charge in [0.05, 0.1) is 48.1 Å². The SMILES string of the molecule is Fc1cccc(-c2nc3cnn(Cc4ccc(-c5ccc(OCC6CCOCC6)cc5C(F)(F)F)nn4)cc-3n2)c1F.